The topological polar surface area (TPSA) is 74.0 Å². The number of benzene rings is 2. The van der Waals surface area contributed by atoms with Gasteiger partial charge in [0.1, 0.15) is 5.76 Å². The zero-order valence-corrected chi connectivity index (χ0v) is 15.6. The summed E-state index contributed by atoms with van der Waals surface area (Å²) in [5, 5.41) is 4.74. The molecule has 0 atom stereocenters. The van der Waals surface area contributed by atoms with Crippen LogP contribution in [-0.2, 0) is 6.54 Å². The second-order valence-corrected chi connectivity index (χ2v) is 6.87. The number of hydrogen-bond acceptors (Lipinski definition) is 4. The second-order valence-electron chi connectivity index (χ2n) is 6.87. The quantitative estimate of drug-likeness (QED) is 0.556. The van der Waals surface area contributed by atoms with Crippen molar-refractivity contribution in [2.75, 3.05) is 5.73 Å². The van der Waals surface area contributed by atoms with Gasteiger partial charge < -0.3 is 14.8 Å². The molecule has 0 fully saturated rings. The maximum atomic E-state index is 12.5. The van der Waals surface area contributed by atoms with Gasteiger partial charge in [0.2, 0.25) is 0 Å². The molecule has 5 heteroatoms. The molecule has 2 heterocycles. The van der Waals surface area contributed by atoms with Gasteiger partial charge in [-0.15, -0.1) is 0 Å². The predicted molar refractivity (Wildman–Crippen MR) is 108 cm³/mol. The summed E-state index contributed by atoms with van der Waals surface area (Å²) in [4.78, 5) is 12.5. The van der Waals surface area contributed by atoms with E-state index in [1.165, 1.54) is 0 Å². The summed E-state index contributed by atoms with van der Waals surface area (Å²) in [6, 6.07) is 15.3. The first-order valence-corrected chi connectivity index (χ1v) is 8.86. The number of rotatable bonds is 3. The minimum atomic E-state index is 0.0186. The predicted octanol–water partition coefficient (Wildman–Crippen LogP) is 4.21. The van der Waals surface area contributed by atoms with Crippen LogP contribution in [0.15, 0.2) is 57.8 Å². The summed E-state index contributed by atoms with van der Waals surface area (Å²) in [7, 11) is 0. The Morgan fingerprint density at radius 2 is 1.85 bits per heavy atom. The van der Waals surface area contributed by atoms with E-state index in [1.807, 2.05) is 63.2 Å². The van der Waals surface area contributed by atoms with Gasteiger partial charge in [0.25, 0.3) is 0 Å². The molecule has 0 radical (unpaired) electrons. The number of nitrogen functional groups attached to an aromatic ring is 1. The molecule has 0 amide bonds. The van der Waals surface area contributed by atoms with Gasteiger partial charge >= 0.3 is 0 Å². The smallest absolute Gasteiger partial charge is 0.189 e. The average molecular weight is 359 g/mol. The molecule has 0 aliphatic carbocycles. The number of nitrogens with two attached hydrogens (primary N) is 1. The first-order valence-electron chi connectivity index (χ1n) is 8.86. The molecule has 4 rings (SSSR count). The average Bonchev–Trinajstić information content (AvgIpc) is 2.98. The van der Waals surface area contributed by atoms with Crippen molar-refractivity contribution in [1.82, 2.24) is 9.72 Å². The van der Waals surface area contributed by atoms with E-state index in [9.17, 15) is 4.79 Å². The Labute approximate surface area is 157 Å². The molecule has 2 N–H and O–H groups in total. The van der Waals surface area contributed by atoms with Crippen LogP contribution in [0.25, 0.3) is 22.0 Å². The number of aromatic nitrogens is 2. The van der Waals surface area contributed by atoms with Crippen LogP contribution in [-0.4, -0.2) is 9.72 Å². The van der Waals surface area contributed by atoms with Crippen molar-refractivity contribution in [3.05, 3.63) is 81.5 Å². The number of nitrogens with zero attached hydrogens (tertiary/aromatic N) is 2. The Bertz CT molecular complexity index is 1200. The molecular formula is C22H21N3O2. The standard InChI is InChI=1S/C22H21N3O2/c1-13-10-21(26)18-9-8-16(22-14(2)24-27-15(22)3)11-20(18)25(13)12-17-6-4-5-7-19(17)23/h4-11H,12,23H2,1-3H3. The number of hydrogen-bond donors (Lipinski definition) is 1. The molecule has 136 valence electrons. The first kappa shape index (κ1) is 17.1. The number of fused-ring (bicyclic) bond motifs is 1. The van der Waals surface area contributed by atoms with Gasteiger partial charge in [-0.25, -0.2) is 0 Å². The van der Waals surface area contributed by atoms with Crippen LogP contribution in [0, 0.1) is 20.8 Å². The fourth-order valence-electron chi connectivity index (χ4n) is 3.61. The van der Waals surface area contributed by atoms with E-state index in [0.717, 1.165) is 45.0 Å². The Hall–Kier alpha value is -3.34. The summed E-state index contributed by atoms with van der Waals surface area (Å²) >= 11 is 0. The normalized spacial score (nSPS) is 11.2. The van der Waals surface area contributed by atoms with Gasteiger partial charge in [-0.1, -0.05) is 29.4 Å². The van der Waals surface area contributed by atoms with Crippen molar-refractivity contribution in [1.29, 1.82) is 0 Å². The fourth-order valence-corrected chi connectivity index (χ4v) is 3.61. The Morgan fingerprint density at radius 1 is 1.07 bits per heavy atom. The number of anilines is 1. The highest BCUT2D eigenvalue weighted by atomic mass is 16.5. The molecule has 2 aromatic carbocycles. The third-order valence-electron chi connectivity index (χ3n) is 5.03. The van der Waals surface area contributed by atoms with E-state index in [1.54, 1.807) is 6.07 Å². The molecule has 0 saturated carbocycles. The van der Waals surface area contributed by atoms with Gasteiger partial charge in [-0.05, 0) is 50.1 Å². The van der Waals surface area contributed by atoms with E-state index in [0.29, 0.717) is 11.9 Å². The second kappa shape index (κ2) is 6.43. The van der Waals surface area contributed by atoms with Crippen molar-refractivity contribution in [3.63, 3.8) is 0 Å². The maximum absolute atomic E-state index is 12.5. The first-order chi connectivity index (χ1) is 13.0. The van der Waals surface area contributed by atoms with Crippen LogP contribution in [0.2, 0.25) is 0 Å². The lowest BCUT2D eigenvalue weighted by atomic mass is 10.0. The van der Waals surface area contributed by atoms with E-state index < -0.39 is 0 Å². The largest absolute Gasteiger partial charge is 0.398 e. The molecule has 0 bridgehead atoms. The number of aryl methyl sites for hydroxylation is 3. The van der Waals surface area contributed by atoms with Crippen LogP contribution in [0.4, 0.5) is 5.69 Å². The zero-order valence-electron chi connectivity index (χ0n) is 15.6. The lowest BCUT2D eigenvalue weighted by Gasteiger charge is -2.17. The minimum absolute atomic E-state index is 0.0186. The van der Waals surface area contributed by atoms with Gasteiger partial charge in [0.05, 0.1) is 11.2 Å². The van der Waals surface area contributed by atoms with Crippen molar-refractivity contribution in [2.24, 2.45) is 0 Å². The Kier molecular flexibility index (Phi) is 4.07. The summed E-state index contributed by atoms with van der Waals surface area (Å²) in [5.41, 5.74) is 12.5. The number of para-hydroxylation sites is 1. The van der Waals surface area contributed by atoms with Crippen molar-refractivity contribution >= 4 is 16.6 Å². The highest BCUT2D eigenvalue weighted by Crippen LogP contribution is 2.29. The molecular weight excluding hydrogens is 338 g/mol. The Morgan fingerprint density at radius 3 is 2.56 bits per heavy atom. The molecule has 0 aliphatic rings. The maximum Gasteiger partial charge on any atom is 0.189 e. The summed E-state index contributed by atoms with van der Waals surface area (Å²) in [6.07, 6.45) is 0. The van der Waals surface area contributed by atoms with Crippen LogP contribution < -0.4 is 11.2 Å². The summed E-state index contributed by atoms with van der Waals surface area (Å²) in [6.45, 7) is 6.36. The van der Waals surface area contributed by atoms with E-state index >= 15 is 0 Å². The summed E-state index contributed by atoms with van der Waals surface area (Å²) in [5.74, 6) is 0.765. The van der Waals surface area contributed by atoms with Gasteiger partial charge in [-0.2, -0.15) is 0 Å². The molecule has 0 saturated heterocycles. The van der Waals surface area contributed by atoms with Crippen molar-refractivity contribution in [3.8, 4) is 11.1 Å². The lowest BCUT2D eigenvalue weighted by Crippen LogP contribution is -2.13. The third-order valence-corrected chi connectivity index (χ3v) is 5.03. The van der Waals surface area contributed by atoms with Crippen molar-refractivity contribution in [2.45, 2.75) is 27.3 Å². The highest BCUT2D eigenvalue weighted by Gasteiger charge is 2.14. The van der Waals surface area contributed by atoms with Crippen molar-refractivity contribution < 1.29 is 4.52 Å². The molecule has 0 aliphatic heterocycles. The van der Waals surface area contributed by atoms with E-state index in [4.69, 9.17) is 10.3 Å². The van der Waals surface area contributed by atoms with Gasteiger partial charge in [0, 0.05) is 34.9 Å². The zero-order chi connectivity index (χ0) is 19.1. The molecule has 0 spiro atoms. The van der Waals surface area contributed by atoms with Crippen LogP contribution in [0.1, 0.15) is 22.7 Å². The van der Waals surface area contributed by atoms with Crippen LogP contribution >= 0.6 is 0 Å². The SMILES string of the molecule is Cc1noc(C)c1-c1ccc2c(=O)cc(C)n(Cc3ccccc3N)c2c1. The monoisotopic (exact) mass is 359 g/mol. The molecule has 5 nitrogen and oxygen atoms in total. The molecule has 0 unspecified atom stereocenters. The number of pyridine rings is 1. The molecule has 27 heavy (non-hydrogen) atoms. The fraction of sp³-hybridized carbons (Fsp3) is 0.182. The van der Waals surface area contributed by atoms with E-state index in [2.05, 4.69) is 9.72 Å². The minimum Gasteiger partial charge on any atom is -0.398 e. The van der Waals surface area contributed by atoms with Gasteiger partial charge in [-0.3, -0.25) is 4.79 Å². The Balaban J connectivity index is 1.96. The van der Waals surface area contributed by atoms with Gasteiger partial charge in [0.15, 0.2) is 5.43 Å². The van der Waals surface area contributed by atoms with Crippen LogP contribution in [0.3, 0.4) is 0 Å². The van der Waals surface area contributed by atoms with Crippen LogP contribution in [0.5, 0.6) is 0 Å². The lowest BCUT2D eigenvalue weighted by molar-refractivity contribution is 0.393. The molecule has 2 aromatic heterocycles. The highest BCUT2D eigenvalue weighted by molar-refractivity contribution is 5.85. The third kappa shape index (κ3) is 2.91. The van der Waals surface area contributed by atoms with E-state index in [-0.39, 0.29) is 5.43 Å². The molecule has 4 aromatic rings. The summed E-state index contributed by atoms with van der Waals surface area (Å²) < 4.78 is 7.44.